The zero-order valence-electron chi connectivity index (χ0n) is 12.9. The van der Waals surface area contributed by atoms with Crippen molar-refractivity contribution < 1.29 is 0 Å². The Hall–Kier alpha value is -0.570. The molecule has 0 bridgehead atoms. The Labute approximate surface area is 135 Å². The van der Waals surface area contributed by atoms with Crippen molar-refractivity contribution in [1.29, 1.82) is 0 Å². The molecule has 1 aliphatic heterocycles. The lowest BCUT2D eigenvalue weighted by molar-refractivity contribution is 0.152. The third-order valence-corrected chi connectivity index (χ3v) is 5.32. The van der Waals surface area contributed by atoms with Gasteiger partial charge in [-0.2, -0.15) is 0 Å². The Balaban J connectivity index is 0.00000161. The topological polar surface area (TPSA) is 29.3 Å². The van der Waals surface area contributed by atoms with Gasteiger partial charge in [-0.1, -0.05) is 43.2 Å². The van der Waals surface area contributed by atoms with Gasteiger partial charge in [-0.15, -0.1) is 12.4 Å². The first kappa shape index (κ1) is 16.8. The van der Waals surface area contributed by atoms with Gasteiger partial charge in [-0.25, -0.2) is 0 Å². The van der Waals surface area contributed by atoms with Crippen molar-refractivity contribution in [2.24, 2.45) is 11.7 Å². The van der Waals surface area contributed by atoms with Crippen molar-refractivity contribution in [1.82, 2.24) is 4.90 Å². The minimum absolute atomic E-state index is 0. The second-order valence-corrected chi connectivity index (χ2v) is 6.69. The average molecular weight is 309 g/mol. The summed E-state index contributed by atoms with van der Waals surface area (Å²) in [6.45, 7) is 3.74. The molecule has 2 N–H and O–H groups in total. The maximum Gasteiger partial charge on any atom is 0.00793 e. The van der Waals surface area contributed by atoms with Gasteiger partial charge in [0.05, 0.1) is 0 Å². The highest BCUT2D eigenvalue weighted by Gasteiger charge is 2.26. The zero-order valence-corrected chi connectivity index (χ0v) is 13.7. The maximum absolute atomic E-state index is 6.29. The normalized spacial score (nSPS) is 28.0. The molecule has 2 fully saturated rings. The Morgan fingerprint density at radius 1 is 0.952 bits per heavy atom. The van der Waals surface area contributed by atoms with Crippen molar-refractivity contribution in [2.45, 2.75) is 50.5 Å². The fraction of sp³-hybridized carbons (Fsp3) is 0.667. The molecule has 1 saturated carbocycles. The van der Waals surface area contributed by atoms with E-state index in [-0.39, 0.29) is 12.4 Å². The Bertz CT molecular complexity index is 401. The van der Waals surface area contributed by atoms with E-state index < -0.39 is 0 Å². The van der Waals surface area contributed by atoms with Crippen LogP contribution in [0.15, 0.2) is 30.3 Å². The molecular formula is C18H29ClN2. The van der Waals surface area contributed by atoms with Gasteiger partial charge in [-0.05, 0) is 56.2 Å². The van der Waals surface area contributed by atoms with Crippen molar-refractivity contribution in [3.05, 3.63) is 35.9 Å². The van der Waals surface area contributed by atoms with E-state index in [9.17, 15) is 0 Å². The van der Waals surface area contributed by atoms with Crippen LogP contribution in [0.2, 0.25) is 0 Å². The van der Waals surface area contributed by atoms with E-state index in [4.69, 9.17) is 5.73 Å². The van der Waals surface area contributed by atoms with Crippen LogP contribution in [0.1, 0.15) is 50.0 Å². The fourth-order valence-corrected chi connectivity index (χ4v) is 3.97. The summed E-state index contributed by atoms with van der Waals surface area (Å²) in [5.74, 6) is 1.52. The van der Waals surface area contributed by atoms with Gasteiger partial charge in [0, 0.05) is 12.6 Å². The molecule has 0 spiro atoms. The van der Waals surface area contributed by atoms with Crippen molar-refractivity contribution in [2.75, 3.05) is 19.6 Å². The first-order valence-corrected chi connectivity index (χ1v) is 8.36. The molecule has 0 aromatic heterocycles. The molecule has 2 nitrogen and oxygen atoms in total. The summed E-state index contributed by atoms with van der Waals surface area (Å²) in [6.07, 6.45) is 7.94. The van der Waals surface area contributed by atoms with Gasteiger partial charge in [0.2, 0.25) is 0 Å². The Morgan fingerprint density at radius 2 is 1.62 bits per heavy atom. The van der Waals surface area contributed by atoms with Crippen molar-refractivity contribution in [3.8, 4) is 0 Å². The molecule has 3 heteroatoms. The number of halogens is 1. The van der Waals surface area contributed by atoms with Crippen LogP contribution in [-0.4, -0.2) is 30.6 Å². The summed E-state index contributed by atoms with van der Waals surface area (Å²) in [7, 11) is 0. The maximum atomic E-state index is 6.29. The molecule has 0 radical (unpaired) electrons. The number of nitrogens with zero attached hydrogens (tertiary/aromatic N) is 1. The van der Waals surface area contributed by atoms with E-state index in [1.165, 1.54) is 63.7 Å². The highest BCUT2D eigenvalue weighted by atomic mass is 35.5. The van der Waals surface area contributed by atoms with Gasteiger partial charge < -0.3 is 10.6 Å². The second-order valence-electron chi connectivity index (χ2n) is 6.69. The number of likely N-dealkylation sites (tertiary alicyclic amines) is 1. The van der Waals surface area contributed by atoms with Crippen LogP contribution in [-0.2, 0) is 0 Å². The fourth-order valence-electron chi connectivity index (χ4n) is 3.97. The highest BCUT2D eigenvalue weighted by molar-refractivity contribution is 5.85. The van der Waals surface area contributed by atoms with E-state index >= 15 is 0 Å². The number of hydrogen-bond donors (Lipinski definition) is 1. The van der Waals surface area contributed by atoms with Crippen LogP contribution in [0.25, 0.3) is 0 Å². The van der Waals surface area contributed by atoms with E-state index in [1.54, 1.807) is 0 Å². The molecule has 1 aromatic rings. The standard InChI is InChI=1S/C18H28N2.ClH/c19-18-9-5-4-8-17(18)14-20-12-10-16(11-13-20)15-6-2-1-3-7-15;/h1-3,6-7,16-18H,4-5,8-14,19H2;1H. The number of nitrogens with two attached hydrogens (primary N) is 1. The third kappa shape index (κ3) is 4.45. The predicted octanol–water partition coefficient (Wildman–Crippen LogP) is 3.81. The lowest BCUT2D eigenvalue weighted by Gasteiger charge is -2.37. The molecule has 1 heterocycles. The lowest BCUT2D eigenvalue weighted by Crippen LogP contribution is -2.43. The summed E-state index contributed by atoms with van der Waals surface area (Å²) < 4.78 is 0. The van der Waals surface area contributed by atoms with E-state index in [0.717, 1.165) is 11.8 Å². The minimum Gasteiger partial charge on any atom is -0.327 e. The average Bonchev–Trinajstić information content (AvgIpc) is 2.51. The minimum atomic E-state index is 0. The number of rotatable bonds is 3. The Kier molecular flexibility index (Phi) is 6.53. The molecular weight excluding hydrogens is 280 g/mol. The van der Waals surface area contributed by atoms with Crippen molar-refractivity contribution >= 4 is 12.4 Å². The van der Waals surface area contributed by atoms with Crippen LogP contribution < -0.4 is 5.73 Å². The summed E-state index contributed by atoms with van der Waals surface area (Å²) in [4.78, 5) is 2.66. The lowest BCUT2D eigenvalue weighted by atomic mass is 9.83. The van der Waals surface area contributed by atoms with Gasteiger partial charge in [-0.3, -0.25) is 0 Å². The molecule has 1 aliphatic carbocycles. The van der Waals surface area contributed by atoms with Crippen LogP contribution in [0, 0.1) is 5.92 Å². The van der Waals surface area contributed by atoms with E-state index in [0.29, 0.717) is 6.04 Å². The highest BCUT2D eigenvalue weighted by Crippen LogP contribution is 2.30. The monoisotopic (exact) mass is 308 g/mol. The molecule has 2 unspecified atom stereocenters. The summed E-state index contributed by atoms with van der Waals surface area (Å²) in [5, 5.41) is 0. The third-order valence-electron chi connectivity index (χ3n) is 5.32. The van der Waals surface area contributed by atoms with Gasteiger partial charge >= 0.3 is 0 Å². The van der Waals surface area contributed by atoms with Crippen LogP contribution >= 0.6 is 12.4 Å². The van der Waals surface area contributed by atoms with Crippen molar-refractivity contribution in [3.63, 3.8) is 0 Å². The first-order chi connectivity index (χ1) is 9.83. The summed E-state index contributed by atoms with van der Waals surface area (Å²) in [6, 6.07) is 11.5. The molecule has 1 aromatic carbocycles. The first-order valence-electron chi connectivity index (χ1n) is 8.36. The van der Waals surface area contributed by atoms with Gasteiger partial charge in [0.1, 0.15) is 0 Å². The molecule has 0 amide bonds. The SMILES string of the molecule is Cl.NC1CCCCC1CN1CCC(c2ccccc2)CC1. The zero-order chi connectivity index (χ0) is 13.8. The van der Waals surface area contributed by atoms with E-state index in [2.05, 4.69) is 35.2 Å². The summed E-state index contributed by atoms with van der Waals surface area (Å²) >= 11 is 0. The quantitative estimate of drug-likeness (QED) is 0.920. The largest absolute Gasteiger partial charge is 0.327 e. The Morgan fingerprint density at radius 3 is 2.29 bits per heavy atom. The van der Waals surface area contributed by atoms with E-state index in [1.807, 2.05) is 0 Å². The second kappa shape index (κ2) is 8.17. The molecule has 2 atom stereocenters. The smallest absolute Gasteiger partial charge is 0.00793 e. The number of piperidine rings is 1. The van der Waals surface area contributed by atoms with Crippen LogP contribution in [0.4, 0.5) is 0 Å². The van der Waals surface area contributed by atoms with Crippen LogP contribution in [0.3, 0.4) is 0 Å². The van der Waals surface area contributed by atoms with Gasteiger partial charge in [0.15, 0.2) is 0 Å². The molecule has 3 rings (SSSR count). The van der Waals surface area contributed by atoms with Gasteiger partial charge in [0.25, 0.3) is 0 Å². The molecule has 2 aliphatic rings. The molecule has 1 saturated heterocycles. The predicted molar refractivity (Wildman–Crippen MR) is 92.0 cm³/mol. The number of hydrogen-bond acceptors (Lipinski definition) is 2. The molecule has 21 heavy (non-hydrogen) atoms. The summed E-state index contributed by atoms with van der Waals surface area (Å²) in [5.41, 5.74) is 7.82. The number of benzene rings is 1. The molecule has 118 valence electrons. The van der Waals surface area contributed by atoms with Crippen LogP contribution in [0.5, 0.6) is 0 Å².